The van der Waals surface area contributed by atoms with Gasteiger partial charge >= 0.3 is 0 Å². The largest absolute Gasteiger partial charge is 0.508 e. The van der Waals surface area contributed by atoms with Gasteiger partial charge in [-0.25, -0.2) is 9.97 Å². The van der Waals surface area contributed by atoms with E-state index in [9.17, 15) is 5.11 Å². The van der Waals surface area contributed by atoms with Crippen molar-refractivity contribution in [2.75, 3.05) is 11.4 Å². The molecular weight excluding hydrogens is 374 g/mol. The molecule has 1 N–H and O–H groups in total. The van der Waals surface area contributed by atoms with Gasteiger partial charge in [-0.1, -0.05) is 15.9 Å². The standard InChI is InChI=1S/C13H13Br2N3O/c1-2-18(13-16-6-11(15)7-17-13)8-9-5-10(14)3-4-12(9)19/h3-7,19H,2,8H2,1H3. The van der Waals surface area contributed by atoms with E-state index in [-0.39, 0.29) is 5.75 Å². The van der Waals surface area contributed by atoms with Gasteiger partial charge < -0.3 is 10.0 Å². The number of halogens is 2. The van der Waals surface area contributed by atoms with Crippen molar-refractivity contribution in [3.05, 3.63) is 45.1 Å². The first-order valence-corrected chi connectivity index (χ1v) is 7.38. The van der Waals surface area contributed by atoms with Crippen LogP contribution < -0.4 is 4.90 Å². The highest BCUT2D eigenvalue weighted by Gasteiger charge is 2.11. The first-order valence-electron chi connectivity index (χ1n) is 5.80. The molecular formula is C13H13Br2N3O. The van der Waals surface area contributed by atoms with Gasteiger partial charge in [0, 0.05) is 35.5 Å². The summed E-state index contributed by atoms with van der Waals surface area (Å²) in [7, 11) is 0. The third kappa shape index (κ3) is 3.67. The molecule has 6 heteroatoms. The highest BCUT2D eigenvalue weighted by Crippen LogP contribution is 2.24. The van der Waals surface area contributed by atoms with Crippen molar-refractivity contribution in [1.29, 1.82) is 0 Å². The smallest absolute Gasteiger partial charge is 0.225 e. The Balaban J connectivity index is 2.23. The lowest BCUT2D eigenvalue weighted by Gasteiger charge is -2.21. The molecule has 0 bridgehead atoms. The molecule has 1 heterocycles. The Kier molecular flexibility index (Phi) is 4.76. The van der Waals surface area contributed by atoms with Crippen LogP contribution in [0, 0.1) is 0 Å². The molecule has 0 aliphatic heterocycles. The van der Waals surface area contributed by atoms with E-state index in [2.05, 4.69) is 41.8 Å². The van der Waals surface area contributed by atoms with Gasteiger partial charge in [-0.3, -0.25) is 0 Å². The van der Waals surface area contributed by atoms with Crippen molar-refractivity contribution >= 4 is 37.8 Å². The summed E-state index contributed by atoms with van der Waals surface area (Å²) in [4.78, 5) is 10.5. The summed E-state index contributed by atoms with van der Waals surface area (Å²) >= 11 is 6.72. The maximum atomic E-state index is 9.87. The highest BCUT2D eigenvalue weighted by molar-refractivity contribution is 9.10. The van der Waals surface area contributed by atoms with Crippen molar-refractivity contribution < 1.29 is 5.11 Å². The van der Waals surface area contributed by atoms with Crippen LogP contribution in [0.1, 0.15) is 12.5 Å². The summed E-state index contributed by atoms with van der Waals surface area (Å²) in [5.41, 5.74) is 0.836. The number of nitrogens with zero attached hydrogens (tertiary/aromatic N) is 3. The molecule has 0 amide bonds. The lowest BCUT2D eigenvalue weighted by molar-refractivity contribution is 0.467. The summed E-state index contributed by atoms with van der Waals surface area (Å²) in [5.74, 6) is 0.920. The van der Waals surface area contributed by atoms with Gasteiger partial charge in [0.2, 0.25) is 5.95 Å². The maximum Gasteiger partial charge on any atom is 0.225 e. The minimum atomic E-state index is 0.277. The summed E-state index contributed by atoms with van der Waals surface area (Å²) in [6.07, 6.45) is 3.43. The van der Waals surface area contributed by atoms with Gasteiger partial charge in [0.25, 0.3) is 0 Å². The molecule has 1 aromatic heterocycles. The van der Waals surface area contributed by atoms with E-state index in [1.807, 2.05) is 24.0 Å². The predicted octanol–water partition coefficient (Wildman–Crippen LogP) is 3.73. The second kappa shape index (κ2) is 6.34. The maximum absolute atomic E-state index is 9.87. The van der Waals surface area contributed by atoms with Crippen molar-refractivity contribution in [3.8, 4) is 5.75 Å². The van der Waals surface area contributed by atoms with E-state index in [1.54, 1.807) is 18.5 Å². The van der Waals surface area contributed by atoms with E-state index >= 15 is 0 Å². The molecule has 0 saturated carbocycles. The topological polar surface area (TPSA) is 49.2 Å². The number of aromatic nitrogens is 2. The Labute approximate surface area is 128 Å². The van der Waals surface area contributed by atoms with Crippen molar-refractivity contribution in [2.24, 2.45) is 0 Å². The number of aromatic hydroxyl groups is 1. The SMILES string of the molecule is CCN(Cc1cc(Br)ccc1O)c1ncc(Br)cn1. The number of benzene rings is 1. The molecule has 0 atom stereocenters. The molecule has 0 aliphatic rings. The molecule has 0 spiro atoms. The van der Waals surface area contributed by atoms with Gasteiger partial charge in [0.1, 0.15) is 5.75 Å². The Bertz CT molecular complexity index is 560. The fourth-order valence-electron chi connectivity index (χ4n) is 1.68. The molecule has 1 aromatic carbocycles. The zero-order chi connectivity index (χ0) is 13.8. The van der Waals surface area contributed by atoms with Gasteiger partial charge in [0.05, 0.1) is 4.47 Å². The van der Waals surface area contributed by atoms with Crippen LogP contribution in [0.4, 0.5) is 5.95 Å². The van der Waals surface area contributed by atoms with Crippen LogP contribution in [0.5, 0.6) is 5.75 Å². The fourth-order valence-corrected chi connectivity index (χ4v) is 2.29. The first-order chi connectivity index (χ1) is 9.10. The van der Waals surface area contributed by atoms with Gasteiger partial charge in [-0.2, -0.15) is 0 Å². The van der Waals surface area contributed by atoms with Crippen LogP contribution in [0.2, 0.25) is 0 Å². The predicted molar refractivity (Wildman–Crippen MR) is 82.3 cm³/mol. The number of anilines is 1. The second-order valence-corrected chi connectivity index (χ2v) is 5.82. The van der Waals surface area contributed by atoms with Crippen LogP contribution in [-0.2, 0) is 6.54 Å². The number of hydrogen-bond acceptors (Lipinski definition) is 4. The lowest BCUT2D eigenvalue weighted by Crippen LogP contribution is -2.24. The van der Waals surface area contributed by atoms with Crippen LogP contribution >= 0.6 is 31.9 Å². The van der Waals surface area contributed by atoms with Crippen LogP contribution in [-0.4, -0.2) is 21.6 Å². The van der Waals surface area contributed by atoms with E-state index in [4.69, 9.17) is 0 Å². The van der Waals surface area contributed by atoms with Crippen molar-refractivity contribution in [2.45, 2.75) is 13.5 Å². The van der Waals surface area contributed by atoms with Gasteiger partial charge in [-0.15, -0.1) is 0 Å². The molecule has 0 aliphatic carbocycles. The Morgan fingerprint density at radius 2 is 1.84 bits per heavy atom. The average molecular weight is 387 g/mol. The van der Waals surface area contributed by atoms with Gasteiger partial charge in [0.15, 0.2) is 0 Å². The van der Waals surface area contributed by atoms with Crippen molar-refractivity contribution in [3.63, 3.8) is 0 Å². The molecule has 2 rings (SSSR count). The summed E-state index contributed by atoms with van der Waals surface area (Å²) < 4.78 is 1.78. The van der Waals surface area contributed by atoms with E-state index in [1.165, 1.54) is 0 Å². The van der Waals surface area contributed by atoms with E-state index in [0.717, 1.165) is 21.1 Å². The summed E-state index contributed by atoms with van der Waals surface area (Å²) in [6, 6.07) is 5.39. The first kappa shape index (κ1) is 14.3. The Hall–Kier alpha value is -1.14. The third-order valence-corrected chi connectivity index (χ3v) is 3.58. The van der Waals surface area contributed by atoms with E-state index in [0.29, 0.717) is 12.5 Å². The van der Waals surface area contributed by atoms with Gasteiger partial charge in [-0.05, 0) is 41.1 Å². The second-order valence-electron chi connectivity index (χ2n) is 3.99. The zero-order valence-electron chi connectivity index (χ0n) is 10.3. The Morgan fingerprint density at radius 1 is 1.16 bits per heavy atom. The number of hydrogen-bond donors (Lipinski definition) is 1. The molecule has 100 valence electrons. The third-order valence-electron chi connectivity index (χ3n) is 2.67. The number of rotatable bonds is 4. The number of phenols is 1. The molecule has 19 heavy (non-hydrogen) atoms. The minimum absolute atomic E-state index is 0.277. The van der Waals surface area contributed by atoms with Crippen molar-refractivity contribution in [1.82, 2.24) is 9.97 Å². The van der Waals surface area contributed by atoms with E-state index < -0.39 is 0 Å². The molecule has 2 aromatic rings. The Morgan fingerprint density at radius 3 is 2.47 bits per heavy atom. The summed E-state index contributed by atoms with van der Waals surface area (Å²) in [5, 5.41) is 9.87. The molecule has 0 radical (unpaired) electrons. The summed E-state index contributed by atoms with van der Waals surface area (Å²) in [6.45, 7) is 3.34. The molecule has 0 unspecified atom stereocenters. The minimum Gasteiger partial charge on any atom is -0.508 e. The molecule has 0 saturated heterocycles. The zero-order valence-corrected chi connectivity index (χ0v) is 13.5. The number of phenolic OH excluding ortho intramolecular Hbond substituents is 1. The van der Waals surface area contributed by atoms with Crippen LogP contribution in [0.25, 0.3) is 0 Å². The van der Waals surface area contributed by atoms with Crippen LogP contribution in [0.3, 0.4) is 0 Å². The quantitative estimate of drug-likeness (QED) is 0.869. The average Bonchev–Trinajstić information content (AvgIpc) is 2.41. The fraction of sp³-hybridized carbons (Fsp3) is 0.231. The highest BCUT2D eigenvalue weighted by atomic mass is 79.9. The van der Waals surface area contributed by atoms with Crippen LogP contribution in [0.15, 0.2) is 39.5 Å². The normalized spacial score (nSPS) is 10.5. The lowest BCUT2D eigenvalue weighted by atomic mass is 10.2. The molecule has 4 nitrogen and oxygen atoms in total. The molecule has 0 fully saturated rings. The monoisotopic (exact) mass is 385 g/mol.